The summed E-state index contributed by atoms with van der Waals surface area (Å²) in [6.45, 7) is -0.0659. The molecular weight excluding hydrogens is 247 g/mol. The molecule has 0 amide bonds. The summed E-state index contributed by atoms with van der Waals surface area (Å²) < 4.78 is 37.7. The van der Waals surface area contributed by atoms with E-state index in [1.54, 1.807) is 0 Å². The lowest BCUT2D eigenvalue weighted by molar-refractivity contribution is -0.259. The van der Waals surface area contributed by atoms with Crippen LogP contribution in [0.4, 0.5) is 13.2 Å². The molecule has 0 aliphatic rings. The normalized spacial score (nSPS) is 15.9. The fourth-order valence-electron chi connectivity index (χ4n) is 1.19. The lowest BCUT2D eigenvalue weighted by atomic mass is 9.92. The first-order valence-corrected chi connectivity index (χ1v) is 4.63. The average molecular weight is 256 g/mol. The summed E-state index contributed by atoms with van der Waals surface area (Å²) in [4.78, 5) is 3.53. The molecule has 1 unspecified atom stereocenters. The Morgan fingerprint density at radius 1 is 1.44 bits per heavy atom. The van der Waals surface area contributed by atoms with Crippen molar-refractivity contribution in [3.8, 4) is 0 Å². The molecule has 1 atom stereocenters. The number of aliphatic hydroxyl groups is 2. The maximum Gasteiger partial charge on any atom is 0.421 e. The average Bonchev–Trinajstić information content (AvgIpc) is 2.16. The molecule has 7 heteroatoms. The third-order valence-electron chi connectivity index (χ3n) is 2.20. The number of hydrogen-bond donors (Lipinski definition) is 2. The Morgan fingerprint density at radius 2 is 2.00 bits per heavy atom. The second-order valence-electron chi connectivity index (χ2n) is 3.39. The van der Waals surface area contributed by atoms with Crippen LogP contribution in [0.2, 0.25) is 5.15 Å². The number of pyridine rings is 1. The van der Waals surface area contributed by atoms with Gasteiger partial charge in [-0.3, -0.25) is 0 Å². The van der Waals surface area contributed by atoms with Crippen molar-refractivity contribution in [1.82, 2.24) is 4.98 Å². The van der Waals surface area contributed by atoms with Crippen molar-refractivity contribution in [2.75, 3.05) is 0 Å². The minimum Gasteiger partial charge on any atom is -0.392 e. The number of halogens is 4. The van der Waals surface area contributed by atoms with E-state index in [1.807, 2.05) is 0 Å². The highest BCUT2D eigenvalue weighted by Gasteiger charge is 2.52. The smallest absolute Gasteiger partial charge is 0.392 e. The van der Waals surface area contributed by atoms with Crippen LogP contribution in [0, 0.1) is 0 Å². The maximum absolute atomic E-state index is 12.6. The van der Waals surface area contributed by atoms with Gasteiger partial charge in [-0.15, -0.1) is 0 Å². The van der Waals surface area contributed by atoms with Gasteiger partial charge in [-0.05, 0) is 13.0 Å². The van der Waals surface area contributed by atoms with Crippen molar-refractivity contribution in [3.05, 3.63) is 28.5 Å². The molecule has 1 aromatic rings. The molecule has 2 N–H and O–H groups in total. The molecule has 16 heavy (non-hydrogen) atoms. The molecule has 0 aliphatic carbocycles. The van der Waals surface area contributed by atoms with Crippen molar-refractivity contribution >= 4 is 11.6 Å². The molecule has 0 aliphatic heterocycles. The van der Waals surface area contributed by atoms with Crippen LogP contribution < -0.4 is 0 Å². The third-order valence-corrected chi connectivity index (χ3v) is 2.41. The van der Waals surface area contributed by atoms with Crippen LogP contribution in [0.5, 0.6) is 0 Å². The standard InChI is InChI=1S/C9H9ClF3NO2/c1-8(16,9(11,12)13)6-2-7(10)14-3-5(6)4-15/h2-3,15-16H,4H2,1H3. The van der Waals surface area contributed by atoms with Gasteiger partial charge < -0.3 is 10.2 Å². The maximum atomic E-state index is 12.6. The lowest BCUT2D eigenvalue weighted by Gasteiger charge is -2.28. The van der Waals surface area contributed by atoms with Gasteiger partial charge >= 0.3 is 6.18 Å². The van der Waals surface area contributed by atoms with Gasteiger partial charge in [0.2, 0.25) is 0 Å². The highest BCUT2D eigenvalue weighted by atomic mass is 35.5. The first-order chi connectivity index (χ1) is 7.20. The van der Waals surface area contributed by atoms with Gasteiger partial charge in [0.15, 0.2) is 5.60 Å². The number of aromatic nitrogens is 1. The Hall–Kier alpha value is -0.850. The SMILES string of the molecule is CC(O)(c1cc(Cl)ncc1CO)C(F)(F)F. The molecule has 1 rings (SSSR count). The summed E-state index contributed by atoms with van der Waals surface area (Å²) in [7, 11) is 0. The van der Waals surface area contributed by atoms with E-state index in [9.17, 15) is 18.3 Å². The molecular formula is C9H9ClF3NO2. The number of rotatable bonds is 2. The van der Waals surface area contributed by atoms with Gasteiger partial charge in [-0.25, -0.2) is 4.98 Å². The van der Waals surface area contributed by atoms with E-state index in [2.05, 4.69) is 4.98 Å². The zero-order valence-electron chi connectivity index (χ0n) is 8.22. The predicted molar refractivity (Wildman–Crippen MR) is 50.8 cm³/mol. The molecule has 0 saturated carbocycles. The summed E-state index contributed by atoms with van der Waals surface area (Å²) in [5, 5.41) is 18.1. The highest BCUT2D eigenvalue weighted by Crippen LogP contribution is 2.40. The minimum absolute atomic E-state index is 0.119. The van der Waals surface area contributed by atoms with Crippen LogP contribution in [0.3, 0.4) is 0 Å². The second kappa shape index (κ2) is 4.20. The number of aliphatic hydroxyl groups excluding tert-OH is 1. The molecule has 1 aromatic heterocycles. The first kappa shape index (κ1) is 13.2. The van der Waals surface area contributed by atoms with Crippen molar-refractivity contribution in [2.24, 2.45) is 0 Å². The van der Waals surface area contributed by atoms with Crippen molar-refractivity contribution in [1.29, 1.82) is 0 Å². The van der Waals surface area contributed by atoms with Crippen LogP contribution in [-0.2, 0) is 12.2 Å². The van der Waals surface area contributed by atoms with E-state index in [0.29, 0.717) is 6.92 Å². The van der Waals surface area contributed by atoms with E-state index in [1.165, 1.54) is 0 Å². The quantitative estimate of drug-likeness (QED) is 0.795. The van der Waals surface area contributed by atoms with E-state index < -0.39 is 23.9 Å². The van der Waals surface area contributed by atoms with Gasteiger partial charge in [-0.2, -0.15) is 13.2 Å². The summed E-state index contributed by atoms with van der Waals surface area (Å²) in [6.07, 6.45) is -3.86. The largest absolute Gasteiger partial charge is 0.421 e. The van der Waals surface area contributed by atoms with Crippen molar-refractivity contribution in [3.63, 3.8) is 0 Å². The molecule has 1 heterocycles. The summed E-state index contributed by atoms with van der Waals surface area (Å²) in [5.74, 6) is 0. The lowest BCUT2D eigenvalue weighted by Crippen LogP contribution is -2.40. The molecule has 0 spiro atoms. The molecule has 0 saturated heterocycles. The summed E-state index contributed by atoms with van der Waals surface area (Å²) in [6, 6.07) is 0.889. The number of nitrogens with zero attached hydrogens (tertiary/aromatic N) is 1. The van der Waals surface area contributed by atoms with Crippen molar-refractivity contribution in [2.45, 2.75) is 25.3 Å². The van der Waals surface area contributed by atoms with Crippen LogP contribution in [0.15, 0.2) is 12.3 Å². The first-order valence-electron chi connectivity index (χ1n) is 4.25. The van der Waals surface area contributed by atoms with Gasteiger partial charge in [0.1, 0.15) is 5.15 Å². The van der Waals surface area contributed by atoms with E-state index in [-0.39, 0.29) is 10.7 Å². The fourth-order valence-corrected chi connectivity index (χ4v) is 1.35. The molecule has 90 valence electrons. The summed E-state index contributed by atoms with van der Waals surface area (Å²) in [5.41, 5.74) is -3.69. The summed E-state index contributed by atoms with van der Waals surface area (Å²) >= 11 is 5.46. The molecule has 0 bridgehead atoms. The van der Waals surface area contributed by atoms with Crippen molar-refractivity contribution < 1.29 is 23.4 Å². The van der Waals surface area contributed by atoms with E-state index in [0.717, 1.165) is 12.3 Å². The molecule has 0 radical (unpaired) electrons. The Labute approximate surface area is 94.5 Å². The Bertz CT molecular complexity index is 393. The molecule has 3 nitrogen and oxygen atoms in total. The predicted octanol–water partition coefficient (Wildman–Crippen LogP) is 2.00. The molecule has 0 fully saturated rings. The van der Waals surface area contributed by atoms with Crippen LogP contribution in [-0.4, -0.2) is 21.4 Å². The Morgan fingerprint density at radius 3 is 2.44 bits per heavy atom. The van der Waals surface area contributed by atoms with Gasteiger partial charge in [0.25, 0.3) is 0 Å². The zero-order chi connectivity index (χ0) is 12.6. The van der Waals surface area contributed by atoms with Crippen LogP contribution in [0.1, 0.15) is 18.1 Å². The minimum atomic E-state index is -4.86. The topological polar surface area (TPSA) is 53.4 Å². The molecule has 0 aromatic carbocycles. The zero-order valence-corrected chi connectivity index (χ0v) is 8.97. The van der Waals surface area contributed by atoms with Crippen LogP contribution in [0.25, 0.3) is 0 Å². The number of alkyl halides is 3. The monoisotopic (exact) mass is 255 g/mol. The highest BCUT2D eigenvalue weighted by molar-refractivity contribution is 6.29. The van der Waals surface area contributed by atoms with Gasteiger partial charge in [-0.1, -0.05) is 11.6 Å². The van der Waals surface area contributed by atoms with E-state index in [4.69, 9.17) is 16.7 Å². The van der Waals surface area contributed by atoms with E-state index >= 15 is 0 Å². The van der Waals surface area contributed by atoms with Crippen LogP contribution >= 0.6 is 11.6 Å². The third kappa shape index (κ3) is 2.28. The Kier molecular flexibility index (Phi) is 3.47. The van der Waals surface area contributed by atoms with Gasteiger partial charge in [0.05, 0.1) is 6.61 Å². The van der Waals surface area contributed by atoms with Gasteiger partial charge in [0, 0.05) is 17.3 Å². The number of hydrogen-bond acceptors (Lipinski definition) is 3. The fraction of sp³-hybridized carbons (Fsp3) is 0.444. The second-order valence-corrected chi connectivity index (χ2v) is 3.78. The Balaban J connectivity index is 3.36.